The normalized spacial score (nSPS) is 27.2. The molecule has 1 rings (SSSR count). The van der Waals surface area contributed by atoms with Crippen molar-refractivity contribution in [3.63, 3.8) is 0 Å². The Labute approximate surface area is 157 Å². The average molecular weight is 386 g/mol. The van der Waals surface area contributed by atoms with E-state index < -0.39 is 54.2 Å². The fourth-order valence-corrected chi connectivity index (χ4v) is 2.89. The minimum atomic E-state index is -1.03. The van der Waals surface area contributed by atoms with Crippen molar-refractivity contribution in [1.29, 1.82) is 0 Å². The van der Waals surface area contributed by atoms with Crippen LogP contribution >= 0.6 is 0 Å². The van der Waals surface area contributed by atoms with Crippen LogP contribution in [0.15, 0.2) is 12.7 Å². The van der Waals surface area contributed by atoms with Gasteiger partial charge in [0.2, 0.25) is 0 Å². The maximum absolute atomic E-state index is 11.6. The lowest BCUT2D eigenvalue weighted by Crippen LogP contribution is -2.59. The topological polar surface area (TPSA) is 114 Å². The van der Waals surface area contributed by atoms with Crippen LogP contribution in [0.25, 0.3) is 0 Å². The molecule has 0 saturated carbocycles. The maximum atomic E-state index is 11.6. The van der Waals surface area contributed by atoms with E-state index in [1.807, 2.05) is 0 Å². The van der Waals surface area contributed by atoms with Gasteiger partial charge < -0.3 is 23.7 Å². The molecule has 1 aliphatic heterocycles. The third-order valence-electron chi connectivity index (χ3n) is 3.87. The molecule has 1 saturated heterocycles. The van der Waals surface area contributed by atoms with Crippen molar-refractivity contribution in [2.24, 2.45) is 5.92 Å². The predicted octanol–water partition coefficient (Wildman–Crippen LogP) is 0.936. The van der Waals surface area contributed by atoms with Crippen LogP contribution in [0, 0.1) is 5.92 Å². The molecule has 27 heavy (non-hydrogen) atoms. The van der Waals surface area contributed by atoms with Gasteiger partial charge in [0.05, 0.1) is 12.0 Å². The molecular formula is C18H26O9. The van der Waals surface area contributed by atoms with Crippen molar-refractivity contribution in [3.05, 3.63) is 12.7 Å². The first-order valence-electron chi connectivity index (χ1n) is 8.53. The second-order valence-electron chi connectivity index (χ2n) is 6.15. The largest absolute Gasteiger partial charge is 0.465 e. The first-order valence-corrected chi connectivity index (χ1v) is 8.53. The predicted molar refractivity (Wildman–Crippen MR) is 91.3 cm³/mol. The Morgan fingerprint density at radius 3 is 1.81 bits per heavy atom. The van der Waals surface area contributed by atoms with Crippen molar-refractivity contribution in [1.82, 2.24) is 0 Å². The van der Waals surface area contributed by atoms with E-state index in [2.05, 4.69) is 6.58 Å². The minimum absolute atomic E-state index is 0.107. The van der Waals surface area contributed by atoms with Gasteiger partial charge in [0, 0.05) is 27.7 Å². The third-order valence-corrected chi connectivity index (χ3v) is 3.87. The van der Waals surface area contributed by atoms with Gasteiger partial charge in [-0.3, -0.25) is 19.2 Å². The van der Waals surface area contributed by atoms with Crippen LogP contribution in [0.5, 0.6) is 0 Å². The quantitative estimate of drug-likeness (QED) is 0.341. The molecule has 0 aromatic rings. The van der Waals surface area contributed by atoms with Crippen LogP contribution < -0.4 is 0 Å². The molecule has 0 N–H and O–H groups in total. The molecule has 0 aromatic heterocycles. The summed E-state index contributed by atoms with van der Waals surface area (Å²) in [7, 11) is 0. The van der Waals surface area contributed by atoms with Gasteiger partial charge in [0.25, 0.3) is 0 Å². The zero-order valence-electron chi connectivity index (χ0n) is 16.0. The van der Waals surface area contributed by atoms with Crippen LogP contribution in [-0.2, 0) is 42.9 Å². The number of hydrogen-bond donors (Lipinski definition) is 0. The lowest BCUT2D eigenvalue weighted by Gasteiger charge is -2.45. The Bertz CT molecular complexity index is 571. The van der Waals surface area contributed by atoms with Gasteiger partial charge in [-0.2, -0.15) is 0 Å². The zero-order chi connectivity index (χ0) is 20.6. The van der Waals surface area contributed by atoms with Gasteiger partial charge in [-0.1, -0.05) is 6.08 Å². The molecule has 0 radical (unpaired) electrons. The summed E-state index contributed by atoms with van der Waals surface area (Å²) in [5.41, 5.74) is 0. The maximum Gasteiger partial charge on any atom is 0.303 e. The number of carbonyl (C=O) groups excluding carboxylic acids is 4. The fraction of sp³-hybridized carbons (Fsp3) is 0.667. The number of rotatable bonds is 8. The summed E-state index contributed by atoms with van der Waals surface area (Å²) >= 11 is 0. The van der Waals surface area contributed by atoms with Gasteiger partial charge in [-0.05, 0) is 6.42 Å². The van der Waals surface area contributed by atoms with Crippen molar-refractivity contribution in [2.45, 2.75) is 58.5 Å². The van der Waals surface area contributed by atoms with E-state index in [-0.39, 0.29) is 13.2 Å². The standard InChI is InChI=1S/C18H26O9/c1-6-7-15-14(8-23-10(2)19)17(25-12(4)21)18(26-13(5)22)16(27-15)9-24-11(3)20/h6,14-18H,1,7-9H2,2-5H3. The van der Waals surface area contributed by atoms with Crippen molar-refractivity contribution >= 4 is 23.9 Å². The van der Waals surface area contributed by atoms with E-state index in [1.54, 1.807) is 6.08 Å². The Balaban J connectivity index is 3.21. The Morgan fingerprint density at radius 2 is 1.33 bits per heavy atom. The van der Waals surface area contributed by atoms with E-state index in [9.17, 15) is 19.2 Å². The fourth-order valence-electron chi connectivity index (χ4n) is 2.89. The molecule has 0 spiro atoms. The SMILES string of the molecule is C=CCC1OC(COC(C)=O)C(OC(C)=O)C(OC(C)=O)C1COC(C)=O. The second-order valence-corrected chi connectivity index (χ2v) is 6.15. The van der Waals surface area contributed by atoms with Crippen molar-refractivity contribution in [3.8, 4) is 0 Å². The lowest BCUT2D eigenvalue weighted by atomic mass is 9.85. The van der Waals surface area contributed by atoms with E-state index >= 15 is 0 Å². The molecule has 1 fully saturated rings. The summed E-state index contributed by atoms with van der Waals surface area (Å²) in [5.74, 6) is -2.88. The second kappa shape index (κ2) is 10.7. The molecule has 152 valence electrons. The molecule has 0 bridgehead atoms. The number of esters is 4. The van der Waals surface area contributed by atoms with Gasteiger partial charge >= 0.3 is 23.9 Å². The molecule has 9 nitrogen and oxygen atoms in total. The van der Waals surface area contributed by atoms with Crippen LogP contribution in [0.4, 0.5) is 0 Å². The highest BCUT2D eigenvalue weighted by Gasteiger charge is 2.50. The number of hydrogen-bond acceptors (Lipinski definition) is 9. The van der Waals surface area contributed by atoms with Crippen LogP contribution in [0.2, 0.25) is 0 Å². The Kier molecular flexibility index (Phi) is 8.93. The average Bonchev–Trinajstić information content (AvgIpc) is 2.54. The first kappa shape index (κ1) is 22.6. The highest BCUT2D eigenvalue weighted by atomic mass is 16.6. The summed E-state index contributed by atoms with van der Waals surface area (Å²) < 4.78 is 26.7. The highest BCUT2D eigenvalue weighted by Crippen LogP contribution is 2.33. The summed E-state index contributed by atoms with van der Waals surface area (Å²) in [6, 6.07) is 0. The van der Waals surface area contributed by atoms with E-state index in [4.69, 9.17) is 23.7 Å². The molecule has 5 atom stereocenters. The van der Waals surface area contributed by atoms with Crippen LogP contribution in [0.3, 0.4) is 0 Å². The van der Waals surface area contributed by atoms with Gasteiger partial charge in [-0.25, -0.2) is 0 Å². The Hall–Kier alpha value is -2.42. The van der Waals surface area contributed by atoms with E-state index in [0.29, 0.717) is 6.42 Å². The molecule has 0 aromatic carbocycles. The molecule has 0 aliphatic carbocycles. The van der Waals surface area contributed by atoms with Gasteiger partial charge in [-0.15, -0.1) is 6.58 Å². The molecule has 1 heterocycles. The first-order chi connectivity index (χ1) is 12.6. The molecule has 9 heteroatoms. The van der Waals surface area contributed by atoms with Crippen LogP contribution in [0.1, 0.15) is 34.1 Å². The van der Waals surface area contributed by atoms with Gasteiger partial charge in [0.15, 0.2) is 6.10 Å². The smallest absolute Gasteiger partial charge is 0.303 e. The highest BCUT2D eigenvalue weighted by molar-refractivity contribution is 5.68. The summed E-state index contributed by atoms with van der Waals surface area (Å²) in [6.07, 6.45) is -1.45. The van der Waals surface area contributed by atoms with Crippen molar-refractivity contribution < 1.29 is 42.9 Å². The van der Waals surface area contributed by atoms with E-state index in [1.165, 1.54) is 27.7 Å². The lowest BCUT2D eigenvalue weighted by molar-refractivity contribution is -0.238. The monoisotopic (exact) mass is 386 g/mol. The molecule has 0 amide bonds. The molecule has 5 unspecified atom stereocenters. The molecular weight excluding hydrogens is 360 g/mol. The summed E-state index contributed by atoms with van der Waals surface area (Å²) in [6.45, 7) is 8.27. The minimum Gasteiger partial charge on any atom is -0.465 e. The third kappa shape index (κ3) is 7.38. The summed E-state index contributed by atoms with van der Waals surface area (Å²) in [4.78, 5) is 45.7. The van der Waals surface area contributed by atoms with E-state index in [0.717, 1.165) is 0 Å². The molecule has 1 aliphatic rings. The Morgan fingerprint density at radius 1 is 0.815 bits per heavy atom. The van der Waals surface area contributed by atoms with Gasteiger partial charge in [0.1, 0.15) is 25.4 Å². The van der Waals surface area contributed by atoms with Crippen LogP contribution in [-0.4, -0.2) is 61.5 Å². The number of carbonyl (C=O) groups is 4. The number of ether oxygens (including phenoxy) is 5. The summed E-state index contributed by atoms with van der Waals surface area (Å²) in [5, 5.41) is 0. The zero-order valence-corrected chi connectivity index (χ0v) is 16.0. The van der Waals surface area contributed by atoms with Crippen molar-refractivity contribution in [2.75, 3.05) is 13.2 Å².